The second kappa shape index (κ2) is 8.58. The number of carbonyl (C=O) groups excluding carboxylic acids is 3. The summed E-state index contributed by atoms with van der Waals surface area (Å²) in [5, 5.41) is 8.02. The number of rotatable bonds is 5. The number of hydrogen-bond donors (Lipinski definition) is 3. The van der Waals surface area contributed by atoms with E-state index in [2.05, 4.69) is 16.0 Å². The van der Waals surface area contributed by atoms with Crippen LogP contribution in [0.1, 0.15) is 47.2 Å². The molecular formula is C21H25F3N4O3. The molecule has 3 heterocycles. The standard InChI is InChI=1S/C21H25F3N4O3/c22-21(23,24)18(12-6-8-25-9-7-12)26-10-13-2-1-3-14-15(13)11-28(20(14)31)16-4-5-17(29)27-19(16)30/h1-3,12,16,18,25-26H,4-11H2,(H,27,29,30). The Morgan fingerprint density at radius 3 is 2.55 bits per heavy atom. The molecule has 0 bridgehead atoms. The molecule has 168 valence electrons. The number of amides is 3. The van der Waals surface area contributed by atoms with Gasteiger partial charge in [0.2, 0.25) is 11.8 Å². The molecule has 3 aliphatic heterocycles. The molecule has 10 heteroatoms. The second-order valence-electron chi connectivity index (χ2n) is 8.33. The van der Waals surface area contributed by atoms with Crippen molar-refractivity contribution in [3.05, 3.63) is 34.9 Å². The topological polar surface area (TPSA) is 90.5 Å². The van der Waals surface area contributed by atoms with Crippen molar-refractivity contribution in [2.75, 3.05) is 13.1 Å². The van der Waals surface area contributed by atoms with Gasteiger partial charge in [-0.1, -0.05) is 12.1 Å². The van der Waals surface area contributed by atoms with Crippen molar-refractivity contribution >= 4 is 17.7 Å². The van der Waals surface area contributed by atoms with Crippen LogP contribution in [0.15, 0.2) is 18.2 Å². The summed E-state index contributed by atoms with van der Waals surface area (Å²) in [6.45, 7) is 1.25. The average molecular weight is 438 g/mol. The summed E-state index contributed by atoms with van der Waals surface area (Å²) in [5.74, 6) is -1.72. The fourth-order valence-electron chi connectivity index (χ4n) is 4.76. The first-order chi connectivity index (χ1) is 14.8. The van der Waals surface area contributed by atoms with E-state index in [0.29, 0.717) is 42.6 Å². The Hall–Kier alpha value is -2.46. The Balaban J connectivity index is 1.50. The van der Waals surface area contributed by atoms with Gasteiger partial charge in [-0.25, -0.2) is 0 Å². The summed E-state index contributed by atoms with van der Waals surface area (Å²) >= 11 is 0. The summed E-state index contributed by atoms with van der Waals surface area (Å²) in [5.41, 5.74) is 1.65. The molecule has 3 aliphatic rings. The van der Waals surface area contributed by atoms with Crippen molar-refractivity contribution in [3.8, 4) is 0 Å². The maximum Gasteiger partial charge on any atom is 0.404 e. The van der Waals surface area contributed by atoms with E-state index in [0.717, 1.165) is 0 Å². The predicted molar refractivity (Wildman–Crippen MR) is 105 cm³/mol. The van der Waals surface area contributed by atoms with Gasteiger partial charge in [-0.15, -0.1) is 0 Å². The monoisotopic (exact) mass is 438 g/mol. The number of alkyl halides is 3. The lowest BCUT2D eigenvalue weighted by atomic mass is 9.89. The number of carbonyl (C=O) groups is 3. The van der Waals surface area contributed by atoms with Crippen LogP contribution < -0.4 is 16.0 Å². The van der Waals surface area contributed by atoms with E-state index in [4.69, 9.17) is 0 Å². The van der Waals surface area contributed by atoms with Gasteiger partial charge >= 0.3 is 6.18 Å². The largest absolute Gasteiger partial charge is 0.404 e. The third kappa shape index (κ3) is 4.45. The number of fused-ring (bicyclic) bond motifs is 1. The van der Waals surface area contributed by atoms with E-state index >= 15 is 0 Å². The van der Waals surface area contributed by atoms with Gasteiger partial charge in [0.15, 0.2) is 0 Å². The molecule has 2 unspecified atom stereocenters. The molecule has 7 nitrogen and oxygen atoms in total. The highest BCUT2D eigenvalue weighted by Crippen LogP contribution is 2.33. The van der Waals surface area contributed by atoms with Crippen molar-refractivity contribution in [1.29, 1.82) is 0 Å². The van der Waals surface area contributed by atoms with Crippen LogP contribution in [0, 0.1) is 5.92 Å². The SMILES string of the molecule is O=C1CCC(N2Cc3c(CNC(C4CCNCC4)C(F)(F)F)cccc3C2=O)C(=O)N1. The highest BCUT2D eigenvalue weighted by molar-refractivity contribution is 6.05. The molecule has 2 fully saturated rings. The van der Waals surface area contributed by atoms with Crippen LogP contribution in [0.5, 0.6) is 0 Å². The number of hydrogen-bond acceptors (Lipinski definition) is 5. The van der Waals surface area contributed by atoms with E-state index in [1.165, 1.54) is 4.90 Å². The van der Waals surface area contributed by atoms with Crippen LogP contribution in [0.4, 0.5) is 13.2 Å². The van der Waals surface area contributed by atoms with Gasteiger partial charge < -0.3 is 15.5 Å². The van der Waals surface area contributed by atoms with Crippen LogP contribution >= 0.6 is 0 Å². The molecule has 3 N–H and O–H groups in total. The van der Waals surface area contributed by atoms with Crippen molar-refractivity contribution in [1.82, 2.24) is 20.9 Å². The summed E-state index contributed by atoms with van der Waals surface area (Å²) in [7, 11) is 0. The first kappa shape index (κ1) is 21.8. The van der Waals surface area contributed by atoms with Crippen molar-refractivity contribution < 1.29 is 27.6 Å². The quantitative estimate of drug-likeness (QED) is 0.606. The van der Waals surface area contributed by atoms with Gasteiger partial charge in [0, 0.05) is 25.1 Å². The normalized spacial score (nSPS) is 23.6. The molecule has 2 atom stereocenters. The van der Waals surface area contributed by atoms with E-state index in [1.54, 1.807) is 18.2 Å². The molecule has 1 aromatic carbocycles. The molecule has 1 aromatic rings. The maximum absolute atomic E-state index is 13.7. The first-order valence-electron chi connectivity index (χ1n) is 10.5. The fourth-order valence-corrected chi connectivity index (χ4v) is 4.76. The zero-order valence-electron chi connectivity index (χ0n) is 16.9. The fraction of sp³-hybridized carbons (Fsp3) is 0.571. The van der Waals surface area contributed by atoms with Gasteiger partial charge in [0.05, 0.1) is 0 Å². The molecule has 0 aliphatic carbocycles. The molecule has 4 rings (SSSR count). The second-order valence-corrected chi connectivity index (χ2v) is 8.33. The first-order valence-corrected chi connectivity index (χ1v) is 10.5. The third-order valence-electron chi connectivity index (χ3n) is 6.40. The van der Waals surface area contributed by atoms with Crippen LogP contribution in [0.3, 0.4) is 0 Å². The number of benzene rings is 1. The van der Waals surface area contributed by atoms with Crippen molar-refractivity contribution in [2.45, 2.75) is 57.0 Å². The number of nitrogens with zero attached hydrogens (tertiary/aromatic N) is 1. The van der Waals surface area contributed by atoms with Gasteiger partial charge in [0.1, 0.15) is 12.1 Å². The Labute approximate surface area is 177 Å². The molecule has 3 amide bonds. The lowest BCUT2D eigenvalue weighted by molar-refractivity contribution is -0.170. The molecule has 31 heavy (non-hydrogen) atoms. The Morgan fingerprint density at radius 1 is 1.13 bits per heavy atom. The van der Waals surface area contributed by atoms with Gasteiger partial charge in [0.25, 0.3) is 5.91 Å². The van der Waals surface area contributed by atoms with E-state index in [9.17, 15) is 27.6 Å². The lowest BCUT2D eigenvalue weighted by Crippen LogP contribution is -2.52. The highest BCUT2D eigenvalue weighted by Gasteiger charge is 2.45. The van der Waals surface area contributed by atoms with E-state index in [1.807, 2.05) is 0 Å². The average Bonchev–Trinajstić information content (AvgIpc) is 3.05. The summed E-state index contributed by atoms with van der Waals surface area (Å²) < 4.78 is 41.1. The van der Waals surface area contributed by atoms with E-state index in [-0.39, 0.29) is 37.7 Å². The minimum absolute atomic E-state index is 0.0201. The molecule has 0 spiro atoms. The Bertz CT molecular complexity index is 883. The Morgan fingerprint density at radius 2 is 1.87 bits per heavy atom. The molecule has 0 saturated carbocycles. The minimum Gasteiger partial charge on any atom is -0.322 e. The van der Waals surface area contributed by atoms with Gasteiger partial charge in [-0.2, -0.15) is 13.2 Å². The van der Waals surface area contributed by atoms with Crippen LogP contribution in [-0.4, -0.2) is 54.0 Å². The third-order valence-corrected chi connectivity index (χ3v) is 6.40. The number of halogens is 3. The summed E-state index contributed by atoms with van der Waals surface area (Å²) in [6, 6.07) is 2.61. The number of nitrogens with one attached hydrogen (secondary N) is 3. The molecule has 0 aromatic heterocycles. The number of piperidine rings is 2. The smallest absolute Gasteiger partial charge is 0.322 e. The predicted octanol–water partition coefficient (Wildman–Crippen LogP) is 1.47. The summed E-state index contributed by atoms with van der Waals surface area (Å²) in [6.07, 6.45) is -3.08. The van der Waals surface area contributed by atoms with Crippen molar-refractivity contribution in [3.63, 3.8) is 0 Å². The van der Waals surface area contributed by atoms with Gasteiger partial charge in [-0.3, -0.25) is 19.7 Å². The number of imide groups is 1. The van der Waals surface area contributed by atoms with E-state index < -0.39 is 30.1 Å². The minimum atomic E-state index is -4.37. The Kier molecular flexibility index (Phi) is 6.02. The molecule has 2 saturated heterocycles. The van der Waals surface area contributed by atoms with Crippen LogP contribution in [0.2, 0.25) is 0 Å². The van der Waals surface area contributed by atoms with Gasteiger partial charge in [-0.05, 0) is 55.5 Å². The lowest BCUT2D eigenvalue weighted by Gasteiger charge is -2.33. The molecule has 0 radical (unpaired) electrons. The van der Waals surface area contributed by atoms with Crippen LogP contribution in [0.25, 0.3) is 0 Å². The maximum atomic E-state index is 13.7. The van der Waals surface area contributed by atoms with Crippen molar-refractivity contribution in [2.24, 2.45) is 5.92 Å². The zero-order valence-corrected chi connectivity index (χ0v) is 16.9. The zero-order chi connectivity index (χ0) is 22.2. The van der Waals surface area contributed by atoms with Crippen LogP contribution in [-0.2, 0) is 22.7 Å². The molecular weight excluding hydrogens is 413 g/mol. The summed E-state index contributed by atoms with van der Waals surface area (Å²) in [4.78, 5) is 37.9. The highest BCUT2D eigenvalue weighted by atomic mass is 19.4.